The SMILES string of the molecule is CCOc1ccccc1N1C(=NC(=O)CCCC(=O)O)SC2CS(=O)(=O)CC21. The number of hydrogen-bond donors (Lipinski definition) is 1. The number of para-hydroxylation sites is 2. The summed E-state index contributed by atoms with van der Waals surface area (Å²) in [6.45, 7) is 2.31. The average molecular weight is 427 g/mol. The molecule has 0 saturated carbocycles. The lowest BCUT2D eigenvalue weighted by molar-refractivity contribution is -0.137. The number of carboxylic acids is 1. The molecule has 2 fully saturated rings. The van der Waals surface area contributed by atoms with Crippen molar-refractivity contribution < 1.29 is 27.9 Å². The number of nitrogens with zero attached hydrogens (tertiary/aromatic N) is 2. The van der Waals surface area contributed by atoms with Crippen LogP contribution in [0.2, 0.25) is 0 Å². The van der Waals surface area contributed by atoms with E-state index in [1.807, 2.05) is 25.1 Å². The van der Waals surface area contributed by atoms with Crippen molar-refractivity contribution in [2.24, 2.45) is 4.99 Å². The molecule has 1 aromatic carbocycles. The first kappa shape index (κ1) is 20.7. The summed E-state index contributed by atoms with van der Waals surface area (Å²) in [5.74, 6) is -0.728. The van der Waals surface area contributed by atoms with Crippen LogP contribution in [-0.4, -0.2) is 60.0 Å². The molecule has 1 N–H and O–H groups in total. The van der Waals surface area contributed by atoms with Crippen molar-refractivity contribution in [1.29, 1.82) is 0 Å². The van der Waals surface area contributed by atoms with Crippen molar-refractivity contribution in [3.63, 3.8) is 0 Å². The fourth-order valence-corrected chi connectivity index (χ4v) is 7.26. The number of amides is 1. The number of carbonyl (C=O) groups is 2. The van der Waals surface area contributed by atoms with Crippen LogP contribution < -0.4 is 9.64 Å². The lowest BCUT2D eigenvalue weighted by Crippen LogP contribution is -2.38. The van der Waals surface area contributed by atoms with E-state index in [1.165, 1.54) is 11.8 Å². The summed E-state index contributed by atoms with van der Waals surface area (Å²) in [6.07, 6.45) is 0.154. The van der Waals surface area contributed by atoms with Crippen LogP contribution >= 0.6 is 11.8 Å². The van der Waals surface area contributed by atoms with Gasteiger partial charge in [-0.05, 0) is 25.5 Å². The van der Waals surface area contributed by atoms with E-state index < -0.39 is 21.7 Å². The fraction of sp³-hybridized carbons (Fsp3) is 0.500. The van der Waals surface area contributed by atoms with E-state index >= 15 is 0 Å². The highest BCUT2D eigenvalue weighted by Crippen LogP contribution is 2.43. The van der Waals surface area contributed by atoms with Crippen molar-refractivity contribution in [3.05, 3.63) is 24.3 Å². The number of ether oxygens (including phenoxy) is 1. The number of carbonyl (C=O) groups excluding carboxylic acids is 1. The van der Waals surface area contributed by atoms with Gasteiger partial charge in [-0.15, -0.1) is 0 Å². The summed E-state index contributed by atoms with van der Waals surface area (Å²) < 4.78 is 30.0. The lowest BCUT2D eigenvalue weighted by Gasteiger charge is -2.26. The second-order valence-corrected chi connectivity index (χ2v) is 9.97. The molecule has 2 atom stereocenters. The first-order valence-electron chi connectivity index (χ1n) is 9.02. The van der Waals surface area contributed by atoms with E-state index in [-0.39, 0.29) is 42.1 Å². The second kappa shape index (κ2) is 8.52. The molecule has 0 bridgehead atoms. The topological polar surface area (TPSA) is 113 Å². The van der Waals surface area contributed by atoms with E-state index in [1.54, 1.807) is 11.0 Å². The Hall–Kier alpha value is -2.07. The zero-order valence-corrected chi connectivity index (χ0v) is 17.0. The van der Waals surface area contributed by atoms with Gasteiger partial charge in [0.05, 0.1) is 29.8 Å². The summed E-state index contributed by atoms with van der Waals surface area (Å²) in [6, 6.07) is 6.96. The Labute approximate surface area is 167 Å². The quantitative estimate of drug-likeness (QED) is 0.704. The maximum atomic E-state index is 12.2. The maximum Gasteiger partial charge on any atom is 0.303 e. The molecular weight excluding hydrogens is 404 g/mol. The van der Waals surface area contributed by atoms with Crippen LogP contribution in [0.1, 0.15) is 26.2 Å². The maximum absolute atomic E-state index is 12.2. The Morgan fingerprint density at radius 1 is 1.29 bits per heavy atom. The van der Waals surface area contributed by atoms with E-state index in [2.05, 4.69) is 4.99 Å². The van der Waals surface area contributed by atoms with E-state index in [0.717, 1.165) is 0 Å². The zero-order valence-electron chi connectivity index (χ0n) is 15.4. The van der Waals surface area contributed by atoms with Crippen LogP contribution in [0, 0.1) is 0 Å². The Bertz CT molecular complexity index is 899. The molecule has 1 aromatic rings. The molecule has 0 spiro atoms. The highest BCUT2D eigenvalue weighted by molar-refractivity contribution is 8.16. The fourth-order valence-electron chi connectivity index (χ4n) is 3.33. The Morgan fingerprint density at radius 2 is 2.04 bits per heavy atom. The summed E-state index contributed by atoms with van der Waals surface area (Å²) in [4.78, 5) is 28.8. The first-order chi connectivity index (χ1) is 13.3. The van der Waals surface area contributed by atoms with E-state index in [9.17, 15) is 18.0 Å². The average Bonchev–Trinajstić information content (AvgIpc) is 3.06. The number of sulfone groups is 1. The molecule has 3 rings (SSSR count). The van der Waals surface area contributed by atoms with Gasteiger partial charge in [-0.25, -0.2) is 8.42 Å². The van der Waals surface area contributed by atoms with Crippen molar-refractivity contribution in [1.82, 2.24) is 0 Å². The predicted octanol–water partition coefficient (Wildman–Crippen LogP) is 1.94. The smallest absolute Gasteiger partial charge is 0.303 e. The number of carboxylic acid groups (broad SMARTS) is 1. The number of aliphatic carboxylic acids is 1. The van der Waals surface area contributed by atoms with Crippen LogP contribution in [0.15, 0.2) is 29.3 Å². The number of hydrogen-bond acceptors (Lipinski definition) is 6. The van der Waals surface area contributed by atoms with Gasteiger partial charge in [0, 0.05) is 18.1 Å². The standard InChI is InChI=1S/C18H22N2O6S2/c1-2-26-14-7-4-3-6-12(14)20-13-10-28(24,25)11-15(13)27-18(20)19-16(21)8-5-9-17(22)23/h3-4,6-7,13,15H,2,5,8-11H2,1H3,(H,22,23). The van der Waals surface area contributed by atoms with Crippen molar-refractivity contribution in [2.45, 2.75) is 37.5 Å². The third-order valence-corrected chi connectivity index (χ3v) is 7.70. The minimum atomic E-state index is -3.16. The molecule has 0 aliphatic carbocycles. The molecule has 28 heavy (non-hydrogen) atoms. The van der Waals surface area contributed by atoms with Gasteiger partial charge in [-0.3, -0.25) is 9.59 Å². The monoisotopic (exact) mass is 426 g/mol. The van der Waals surface area contributed by atoms with Crippen LogP contribution in [-0.2, 0) is 19.4 Å². The molecule has 152 valence electrons. The summed E-state index contributed by atoms with van der Waals surface area (Å²) in [5, 5.41) is 8.95. The van der Waals surface area contributed by atoms with E-state index in [0.29, 0.717) is 23.2 Å². The van der Waals surface area contributed by atoms with Gasteiger partial charge < -0.3 is 14.7 Å². The molecule has 2 unspecified atom stereocenters. The zero-order chi connectivity index (χ0) is 20.3. The molecule has 2 aliphatic heterocycles. The summed E-state index contributed by atoms with van der Waals surface area (Å²) in [7, 11) is -3.16. The molecular formula is C18H22N2O6S2. The highest BCUT2D eigenvalue weighted by atomic mass is 32.2. The third-order valence-electron chi connectivity index (χ3n) is 4.49. The van der Waals surface area contributed by atoms with E-state index in [4.69, 9.17) is 9.84 Å². The predicted molar refractivity (Wildman–Crippen MR) is 108 cm³/mol. The minimum absolute atomic E-state index is 0.00263. The van der Waals surface area contributed by atoms with Gasteiger partial charge in [0.1, 0.15) is 5.75 Å². The normalized spacial score (nSPS) is 24.3. The Balaban J connectivity index is 1.90. The van der Waals surface area contributed by atoms with Crippen molar-refractivity contribution >= 4 is 44.3 Å². The molecule has 2 heterocycles. The number of fused-ring (bicyclic) bond motifs is 1. The Morgan fingerprint density at radius 3 is 2.75 bits per heavy atom. The number of anilines is 1. The van der Waals surface area contributed by atoms with Crippen LogP contribution in [0.25, 0.3) is 0 Å². The molecule has 2 saturated heterocycles. The van der Waals surface area contributed by atoms with Crippen molar-refractivity contribution in [3.8, 4) is 5.75 Å². The number of thioether (sulfide) groups is 1. The lowest BCUT2D eigenvalue weighted by atomic mass is 10.2. The molecule has 1 amide bonds. The Kier molecular flexibility index (Phi) is 6.29. The van der Waals surface area contributed by atoms with Gasteiger partial charge in [-0.2, -0.15) is 4.99 Å². The van der Waals surface area contributed by atoms with Crippen molar-refractivity contribution in [2.75, 3.05) is 23.0 Å². The minimum Gasteiger partial charge on any atom is -0.492 e. The van der Waals surface area contributed by atoms with Gasteiger partial charge in [0.15, 0.2) is 15.0 Å². The summed E-state index contributed by atoms with van der Waals surface area (Å²) in [5.41, 5.74) is 0.679. The molecule has 2 aliphatic rings. The van der Waals surface area contributed by atoms with Crippen LogP contribution in [0.4, 0.5) is 5.69 Å². The number of aliphatic imine (C=N–C) groups is 1. The van der Waals surface area contributed by atoms with Crippen LogP contribution in [0.5, 0.6) is 5.75 Å². The number of rotatable bonds is 7. The van der Waals surface area contributed by atoms with Gasteiger partial charge in [-0.1, -0.05) is 23.9 Å². The van der Waals surface area contributed by atoms with Gasteiger partial charge in [0.2, 0.25) is 5.91 Å². The van der Waals surface area contributed by atoms with Gasteiger partial charge >= 0.3 is 5.97 Å². The van der Waals surface area contributed by atoms with Crippen LogP contribution in [0.3, 0.4) is 0 Å². The molecule has 8 nitrogen and oxygen atoms in total. The third kappa shape index (κ3) is 4.67. The second-order valence-electron chi connectivity index (χ2n) is 6.61. The highest BCUT2D eigenvalue weighted by Gasteiger charge is 2.50. The number of benzene rings is 1. The molecule has 10 heteroatoms. The molecule has 0 aromatic heterocycles. The first-order valence-corrected chi connectivity index (χ1v) is 11.7. The summed E-state index contributed by atoms with van der Waals surface area (Å²) >= 11 is 1.29. The number of amidine groups is 1. The largest absolute Gasteiger partial charge is 0.492 e. The van der Waals surface area contributed by atoms with Gasteiger partial charge in [0.25, 0.3) is 0 Å². The molecule has 0 radical (unpaired) electrons.